The maximum Gasteiger partial charge on any atom is 0.125 e. The Morgan fingerprint density at radius 1 is 1.25 bits per heavy atom. The summed E-state index contributed by atoms with van der Waals surface area (Å²) in [6.45, 7) is 6.74. The Morgan fingerprint density at radius 3 is 2.25 bits per heavy atom. The van der Waals surface area contributed by atoms with Crippen LogP contribution in [-0.4, -0.2) is 19.8 Å². The van der Waals surface area contributed by atoms with E-state index in [2.05, 4.69) is 41.9 Å². The number of ether oxygens (including phenoxy) is 2. The Morgan fingerprint density at radius 2 is 1.81 bits per heavy atom. The molecule has 0 aliphatic heterocycles. The maximum atomic E-state index is 5.78. The number of methoxy groups -OCH3 is 1. The number of halogens is 1. The van der Waals surface area contributed by atoms with Crippen LogP contribution < -0.4 is 4.74 Å². The van der Waals surface area contributed by atoms with Crippen LogP contribution in [0, 0.1) is 13.8 Å². The van der Waals surface area contributed by atoms with E-state index in [1.54, 1.807) is 7.11 Å². The van der Waals surface area contributed by atoms with Crippen molar-refractivity contribution in [2.75, 3.05) is 13.7 Å². The van der Waals surface area contributed by atoms with Gasteiger partial charge in [-0.25, -0.2) is 0 Å². The molecule has 0 bridgehead atoms. The molecular formula is C13H19BrO2. The molecule has 1 unspecified atom stereocenters. The van der Waals surface area contributed by atoms with Crippen molar-refractivity contribution >= 4 is 15.9 Å². The molecule has 0 aliphatic carbocycles. The van der Waals surface area contributed by atoms with Crippen LogP contribution in [0.4, 0.5) is 0 Å². The number of benzene rings is 1. The van der Waals surface area contributed by atoms with E-state index in [9.17, 15) is 0 Å². The summed E-state index contributed by atoms with van der Waals surface area (Å²) in [5.41, 5.74) is 3.64. The lowest BCUT2D eigenvalue weighted by molar-refractivity contribution is 0.0711. The van der Waals surface area contributed by atoms with Crippen LogP contribution in [0.1, 0.15) is 23.6 Å². The van der Waals surface area contributed by atoms with Crippen molar-refractivity contribution in [1.29, 1.82) is 0 Å². The molecule has 0 saturated carbocycles. The third kappa shape index (κ3) is 3.49. The van der Waals surface area contributed by atoms with Crippen LogP contribution in [0.3, 0.4) is 0 Å². The van der Waals surface area contributed by atoms with Crippen LogP contribution in [0.2, 0.25) is 0 Å². The Labute approximate surface area is 106 Å². The summed E-state index contributed by atoms with van der Waals surface area (Å²) in [4.78, 5) is 0. The molecule has 90 valence electrons. The molecule has 0 spiro atoms. The summed E-state index contributed by atoms with van der Waals surface area (Å²) in [6.07, 6.45) is 0.120. The molecule has 2 nitrogen and oxygen atoms in total. The van der Waals surface area contributed by atoms with Gasteiger partial charge in [0.1, 0.15) is 12.4 Å². The standard InChI is InChI=1S/C13H19BrO2/c1-9-5-12(7-14)6-10(2)13(9)16-8-11(3)15-4/h5-6,11H,7-8H2,1-4H3. The molecule has 1 rings (SSSR count). The zero-order valence-electron chi connectivity index (χ0n) is 10.3. The molecule has 0 heterocycles. The molecule has 1 aromatic rings. The van der Waals surface area contributed by atoms with Crippen LogP contribution in [-0.2, 0) is 10.1 Å². The van der Waals surface area contributed by atoms with Crippen molar-refractivity contribution in [3.05, 3.63) is 28.8 Å². The van der Waals surface area contributed by atoms with Crippen molar-refractivity contribution in [1.82, 2.24) is 0 Å². The lowest BCUT2D eigenvalue weighted by Crippen LogP contribution is -2.16. The zero-order valence-corrected chi connectivity index (χ0v) is 11.9. The summed E-state index contributed by atoms with van der Waals surface area (Å²) in [5.74, 6) is 0.980. The molecule has 0 N–H and O–H groups in total. The molecule has 3 heteroatoms. The van der Waals surface area contributed by atoms with Crippen molar-refractivity contribution < 1.29 is 9.47 Å². The van der Waals surface area contributed by atoms with E-state index in [1.165, 1.54) is 16.7 Å². The van der Waals surface area contributed by atoms with Crippen molar-refractivity contribution in [3.8, 4) is 5.75 Å². The predicted octanol–water partition coefficient (Wildman–Crippen LogP) is 3.61. The van der Waals surface area contributed by atoms with Gasteiger partial charge in [0, 0.05) is 12.4 Å². The average Bonchev–Trinajstić information content (AvgIpc) is 2.27. The first-order valence-corrected chi connectivity index (χ1v) is 6.52. The van der Waals surface area contributed by atoms with Gasteiger partial charge >= 0.3 is 0 Å². The first-order valence-electron chi connectivity index (χ1n) is 5.40. The normalized spacial score (nSPS) is 12.6. The second-order valence-electron chi connectivity index (χ2n) is 4.05. The van der Waals surface area contributed by atoms with E-state index in [1.807, 2.05) is 6.92 Å². The Hall–Kier alpha value is -0.540. The summed E-state index contributed by atoms with van der Waals surface area (Å²) >= 11 is 3.46. The SMILES string of the molecule is COC(C)COc1c(C)cc(CBr)cc1C. The van der Waals surface area contributed by atoms with Gasteiger partial charge in [0.05, 0.1) is 6.10 Å². The molecule has 0 aliphatic rings. The zero-order chi connectivity index (χ0) is 12.1. The topological polar surface area (TPSA) is 18.5 Å². The van der Waals surface area contributed by atoms with Gasteiger partial charge in [0.2, 0.25) is 0 Å². The fraction of sp³-hybridized carbons (Fsp3) is 0.538. The predicted molar refractivity (Wildman–Crippen MR) is 70.5 cm³/mol. The highest BCUT2D eigenvalue weighted by Crippen LogP contribution is 2.26. The van der Waals surface area contributed by atoms with Gasteiger partial charge in [-0.05, 0) is 37.5 Å². The second-order valence-corrected chi connectivity index (χ2v) is 4.61. The van der Waals surface area contributed by atoms with Gasteiger partial charge < -0.3 is 9.47 Å². The quantitative estimate of drug-likeness (QED) is 0.770. The van der Waals surface area contributed by atoms with Gasteiger partial charge in [-0.1, -0.05) is 28.1 Å². The fourth-order valence-electron chi connectivity index (χ4n) is 1.61. The van der Waals surface area contributed by atoms with Gasteiger partial charge in [0.25, 0.3) is 0 Å². The van der Waals surface area contributed by atoms with Crippen molar-refractivity contribution in [2.24, 2.45) is 0 Å². The molecule has 16 heavy (non-hydrogen) atoms. The number of aryl methyl sites for hydroxylation is 2. The smallest absolute Gasteiger partial charge is 0.125 e. The van der Waals surface area contributed by atoms with E-state index in [0.29, 0.717) is 6.61 Å². The first-order chi connectivity index (χ1) is 7.58. The Bertz CT molecular complexity index is 327. The van der Waals surface area contributed by atoms with Crippen molar-refractivity contribution in [2.45, 2.75) is 32.2 Å². The highest BCUT2D eigenvalue weighted by molar-refractivity contribution is 9.08. The molecule has 1 aromatic carbocycles. The lowest BCUT2D eigenvalue weighted by Gasteiger charge is -2.16. The second kappa shape index (κ2) is 6.26. The van der Waals surface area contributed by atoms with Crippen LogP contribution in [0.25, 0.3) is 0 Å². The summed E-state index contributed by atoms with van der Waals surface area (Å²) in [5, 5.41) is 0.878. The third-order valence-electron chi connectivity index (χ3n) is 2.54. The fourth-order valence-corrected chi connectivity index (χ4v) is 1.94. The number of rotatable bonds is 5. The first kappa shape index (κ1) is 13.5. The van der Waals surface area contributed by atoms with E-state index in [0.717, 1.165) is 11.1 Å². The average molecular weight is 287 g/mol. The van der Waals surface area contributed by atoms with Gasteiger partial charge in [0.15, 0.2) is 0 Å². The minimum absolute atomic E-state index is 0.120. The highest BCUT2D eigenvalue weighted by Gasteiger charge is 2.08. The molecular weight excluding hydrogens is 268 g/mol. The maximum absolute atomic E-state index is 5.78. The van der Waals surface area contributed by atoms with Crippen LogP contribution in [0.5, 0.6) is 5.75 Å². The number of alkyl halides is 1. The van der Waals surface area contributed by atoms with E-state index in [4.69, 9.17) is 9.47 Å². The molecule has 0 amide bonds. The van der Waals surface area contributed by atoms with E-state index in [-0.39, 0.29) is 6.10 Å². The molecule has 0 radical (unpaired) electrons. The van der Waals surface area contributed by atoms with Gasteiger partial charge in [-0.3, -0.25) is 0 Å². The Kier molecular flexibility index (Phi) is 5.29. The van der Waals surface area contributed by atoms with E-state index < -0.39 is 0 Å². The minimum Gasteiger partial charge on any atom is -0.490 e. The molecule has 0 saturated heterocycles. The summed E-state index contributed by atoms with van der Waals surface area (Å²) in [6, 6.07) is 4.29. The summed E-state index contributed by atoms with van der Waals surface area (Å²) < 4.78 is 10.9. The molecule has 1 atom stereocenters. The molecule has 0 aromatic heterocycles. The lowest BCUT2D eigenvalue weighted by atomic mass is 10.1. The largest absolute Gasteiger partial charge is 0.490 e. The van der Waals surface area contributed by atoms with Gasteiger partial charge in [-0.2, -0.15) is 0 Å². The van der Waals surface area contributed by atoms with Crippen LogP contribution >= 0.6 is 15.9 Å². The summed E-state index contributed by atoms with van der Waals surface area (Å²) in [7, 11) is 1.70. The van der Waals surface area contributed by atoms with Crippen molar-refractivity contribution in [3.63, 3.8) is 0 Å². The Balaban J connectivity index is 2.80. The minimum atomic E-state index is 0.120. The monoisotopic (exact) mass is 286 g/mol. The highest BCUT2D eigenvalue weighted by atomic mass is 79.9. The van der Waals surface area contributed by atoms with Crippen LogP contribution in [0.15, 0.2) is 12.1 Å². The third-order valence-corrected chi connectivity index (χ3v) is 3.19. The van der Waals surface area contributed by atoms with Gasteiger partial charge in [-0.15, -0.1) is 0 Å². The number of hydrogen-bond acceptors (Lipinski definition) is 2. The van der Waals surface area contributed by atoms with E-state index >= 15 is 0 Å². The molecule has 0 fully saturated rings. The number of hydrogen-bond donors (Lipinski definition) is 0.